The molecule has 0 unspecified atom stereocenters. The van der Waals surface area contributed by atoms with Crippen LogP contribution in [0.5, 0.6) is 0 Å². The van der Waals surface area contributed by atoms with E-state index in [1.54, 1.807) is 0 Å². The lowest BCUT2D eigenvalue weighted by Crippen LogP contribution is -2.30. The zero-order valence-corrected chi connectivity index (χ0v) is 12.1. The van der Waals surface area contributed by atoms with Gasteiger partial charge in [-0.15, -0.1) is 5.10 Å². The van der Waals surface area contributed by atoms with Gasteiger partial charge in [0.15, 0.2) is 0 Å². The number of rotatable bonds is 3. The van der Waals surface area contributed by atoms with Crippen LogP contribution in [-0.2, 0) is 17.6 Å². The molecule has 1 saturated heterocycles. The summed E-state index contributed by atoms with van der Waals surface area (Å²) in [5.41, 5.74) is 2.06. The highest BCUT2D eigenvalue weighted by Gasteiger charge is 2.33. The van der Waals surface area contributed by atoms with E-state index in [0.717, 1.165) is 37.3 Å². The van der Waals surface area contributed by atoms with Crippen molar-refractivity contribution in [1.82, 2.24) is 19.9 Å². The third-order valence-electron chi connectivity index (χ3n) is 4.66. The zero-order valence-electron chi connectivity index (χ0n) is 12.1. The van der Waals surface area contributed by atoms with Crippen molar-refractivity contribution >= 4 is 5.97 Å². The molecule has 2 heterocycles. The molecule has 1 aromatic rings. The lowest BCUT2D eigenvalue weighted by Gasteiger charge is -2.22. The summed E-state index contributed by atoms with van der Waals surface area (Å²) >= 11 is 0. The van der Waals surface area contributed by atoms with Gasteiger partial charge < -0.3 is 5.11 Å². The van der Waals surface area contributed by atoms with E-state index in [2.05, 4.69) is 29.1 Å². The molecule has 110 valence electrons. The van der Waals surface area contributed by atoms with Crippen LogP contribution in [0.3, 0.4) is 0 Å². The predicted octanol–water partition coefficient (Wildman–Crippen LogP) is 1.12. The van der Waals surface area contributed by atoms with Gasteiger partial charge in [-0.2, -0.15) is 0 Å². The molecule has 1 N–H and O–H groups in total. The summed E-state index contributed by atoms with van der Waals surface area (Å²) in [5.74, 6) is -0.971. The Bertz CT molecular complexity index is 511. The maximum absolute atomic E-state index is 11.2. The van der Waals surface area contributed by atoms with Gasteiger partial charge in [0.2, 0.25) is 0 Å². The SMILES string of the molecule is CC(C)N1CC[C@H](n2nnc3c2C[C@@H](C(=O)O)CC3)C1. The standard InChI is InChI=1S/C14H22N4O2/c1-9(2)17-6-5-11(8-17)18-13-7-10(14(19)20)3-4-12(13)15-16-18/h9-11H,3-8H2,1-2H3,(H,19,20)/t10-,11-/m0/s1. The van der Waals surface area contributed by atoms with Crippen molar-refractivity contribution < 1.29 is 9.90 Å². The van der Waals surface area contributed by atoms with E-state index in [1.165, 1.54) is 0 Å². The molecule has 0 spiro atoms. The Morgan fingerprint density at radius 1 is 1.40 bits per heavy atom. The van der Waals surface area contributed by atoms with Gasteiger partial charge >= 0.3 is 5.97 Å². The second-order valence-corrected chi connectivity index (χ2v) is 6.24. The molecule has 20 heavy (non-hydrogen) atoms. The molecular weight excluding hydrogens is 256 g/mol. The number of carbonyl (C=O) groups is 1. The van der Waals surface area contributed by atoms with Crippen LogP contribution in [0, 0.1) is 5.92 Å². The summed E-state index contributed by atoms with van der Waals surface area (Å²) in [6.07, 6.45) is 3.08. The van der Waals surface area contributed by atoms with E-state index >= 15 is 0 Å². The normalized spacial score (nSPS) is 26.9. The summed E-state index contributed by atoms with van der Waals surface area (Å²) in [4.78, 5) is 13.6. The topological polar surface area (TPSA) is 71.2 Å². The minimum atomic E-state index is -0.696. The van der Waals surface area contributed by atoms with E-state index in [1.807, 2.05) is 4.68 Å². The highest BCUT2D eigenvalue weighted by molar-refractivity contribution is 5.70. The lowest BCUT2D eigenvalue weighted by molar-refractivity contribution is -0.142. The molecule has 2 atom stereocenters. The third kappa shape index (κ3) is 2.32. The van der Waals surface area contributed by atoms with Gasteiger partial charge in [0, 0.05) is 25.6 Å². The van der Waals surface area contributed by atoms with Crippen LogP contribution in [0.15, 0.2) is 0 Å². The number of aromatic nitrogens is 3. The molecule has 0 amide bonds. The molecule has 0 radical (unpaired) electrons. The van der Waals surface area contributed by atoms with E-state index in [-0.39, 0.29) is 5.92 Å². The molecule has 0 bridgehead atoms. The number of nitrogens with zero attached hydrogens (tertiary/aromatic N) is 4. The number of carboxylic acids is 1. The van der Waals surface area contributed by atoms with E-state index in [9.17, 15) is 9.90 Å². The van der Waals surface area contributed by atoms with Gasteiger partial charge in [-0.1, -0.05) is 5.21 Å². The molecular formula is C14H22N4O2. The smallest absolute Gasteiger partial charge is 0.306 e. The Kier molecular flexibility index (Phi) is 3.50. The monoisotopic (exact) mass is 278 g/mol. The lowest BCUT2D eigenvalue weighted by atomic mass is 9.89. The first-order valence-electron chi connectivity index (χ1n) is 7.46. The second kappa shape index (κ2) is 5.16. The number of aryl methyl sites for hydroxylation is 1. The minimum absolute atomic E-state index is 0.276. The molecule has 6 nitrogen and oxygen atoms in total. The molecule has 1 aromatic heterocycles. The van der Waals surface area contributed by atoms with Crippen LogP contribution in [0.25, 0.3) is 0 Å². The number of hydrogen-bond donors (Lipinski definition) is 1. The number of carboxylic acid groups (broad SMARTS) is 1. The van der Waals surface area contributed by atoms with Crippen LogP contribution in [0.1, 0.15) is 44.1 Å². The maximum atomic E-state index is 11.2. The molecule has 1 aliphatic carbocycles. The summed E-state index contributed by atoms with van der Waals surface area (Å²) < 4.78 is 2.01. The first-order valence-corrected chi connectivity index (χ1v) is 7.46. The zero-order chi connectivity index (χ0) is 14.3. The highest BCUT2D eigenvalue weighted by Crippen LogP contribution is 2.29. The molecule has 1 fully saturated rings. The van der Waals surface area contributed by atoms with Crippen LogP contribution in [0.4, 0.5) is 0 Å². The van der Waals surface area contributed by atoms with Crippen molar-refractivity contribution in [1.29, 1.82) is 0 Å². The summed E-state index contributed by atoms with van der Waals surface area (Å²) in [6.45, 7) is 6.49. The number of likely N-dealkylation sites (tertiary alicyclic amines) is 1. The van der Waals surface area contributed by atoms with Gasteiger partial charge in [0.05, 0.1) is 23.3 Å². The largest absolute Gasteiger partial charge is 0.481 e. The van der Waals surface area contributed by atoms with Gasteiger partial charge in [-0.05, 0) is 33.1 Å². The minimum Gasteiger partial charge on any atom is -0.481 e. The van der Waals surface area contributed by atoms with Gasteiger partial charge in [-0.3, -0.25) is 9.69 Å². The summed E-state index contributed by atoms with van der Waals surface area (Å²) in [7, 11) is 0. The third-order valence-corrected chi connectivity index (χ3v) is 4.66. The Hall–Kier alpha value is -1.43. The Morgan fingerprint density at radius 2 is 2.20 bits per heavy atom. The van der Waals surface area contributed by atoms with E-state index < -0.39 is 5.97 Å². The van der Waals surface area contributed by atoms with Gasteiger partial charge in [-0.25, -0.2) is 4.68 Å². The van der Waals surface area contributed by atoms with Crippen molar-refractivity contribution in [2.45, 2.75) is 51.6 Å². The fraction of sp³-hybridized carbons (Fsp3) is 0.786. The van der Waals surface area contributed by atoms with Crippen molar-refractivity contribution in [2.75, 3.05) is 13.1 Å². The van der Waals surface area contributed by atoms with E-state index in [4.69, 9.17) is 0 Å². The van der Waals surface area contributed by atoms with Crippen LogP contribution in [-0.4, -0.2) is 50.1 Å². The quantitative estimate of drug-likeness (QED) is 0.897. The average Bonchev–Trinajstić information content (AvgIpc) is 3.03. The number of fused-ring (bicyclic) bond motifs is 1. The Labute approximate surface area is 118 Å². The molecule has 3 rings (SSSR count). The van der Waals surface area contributed by atoms with Gasteiger partial charge in [0.25, 0.3) is 0 Å². The Morgan fingerprint density at radius 3 is 2.85 bits per heavy atom. The predicted molar refractivity (Wildman–Crippen MR) is 73.5 cm³/mol. The van der Waals surface area contributed by atoms with E-state index in [0.29, 0.717) is 24.9 Å². The number of hydrogen-bond acceptors (Lipinski definition) is 4. The van der Waals surface area contributed by atoms with Gasteiger partial charge in [0.1, 0.15) is 0 Å². The van der Waals surface area contributed by atoms with Crippen LogP contribution >= 0.6 is 0 Å². The van der Waals surface area contributed by atoms with Crippen LogP contribution in [0.2, 0.25) is 0 Å². The van der Waals surface area contributed by atoms with Crippen molar-refractivity contribution in [2.24, 2.45) is 5.92 Å². The van der Waals surface area contributed by atoms with Crippen molar-refractivity contribution in [3.8, 4) is 0 Å². The molecule has 0 saturated carbocycles. The molecule has 1 aliphatic heterocycles. The molecule has 6 heteroatoms. The van der Waals surface area contributed by atoms with Crippen molar-refractivity contribution in [3.05, 3.63) is 11.4 Å². The van der Waals surface area contributed by atoms with Crippen LogP contribution < -0.4 is 0 Å². The first kappa shape index (κ1) is 13.5. The van der Waals surface area contributed by atoms with Crippen molar-refractivity contribution in [3.63, 3.8) is 0 Å². The fourth-order valence-corrected chi connectivity index (χ4v) is 3.34. The number of aliphatic carboxylic acids is 1. The summed E-state index contributed by atoms with van der Waals surface area (Å²) in [6, 6.07) is 0.896. The Balaban J connectivity index is 1.79. The average molecular weight is 278 g/mol. The highest BCUT2D eigenvalue weighted by atomic mass is 16.4. The molecule has 2 aliphatic rings. The fourth-order valence-electron chi connectivity index (χ4n) is 3.34. The maximum Gasteiger partial charge on any atom is 0.306 e. The first-order chi connectivity index (χ1) is 9.56. The summed E-state index contributed by atoms with van der Waals surface area (Å²) in [5, 5.41) is 17.8. The second-order valence-electron chi connectivity index (χ2n) is 6.24. The molecule has 0 aromatic carbocycles.